The molecular formula is C20H24N2OS. The number of hydrogen-bond donors (Lipinski definition) is 0. The van der Waals surface area contributed by atoms with E-state index in [1.54, 1.807) is 11.3 Å². The highest BCUT2D eigenvalue weighted by atomic mass is 32.1. The van der Waals surface area contributed by atoms with Gasteiger partial charge in [0.2, 0.25) is 0 Å². The van der Waals surface area contributed by atoms with Crippen LogP contribution in [0, 0.1) is 13.8 Å². The summed E-state index contributed by atoms with van der Waals surface area (Å²) in [5, 5.41) is 2.00. The SMILES string of the molecule is Cc1scc(C(=O)N2CCN(CC=Cc3ccccc3)CC2)c1C. The van der Waals surface area contributed by atoms with Crippen molar-refractivity contribution < 1.29 is 4.79 Å². The van der Waals surface area contributed by atoms with Gasteiger partial charge >= 0.3 is 0 Å². The van der Waals surface area contributed by atoms with Crippen LogP contribution in [-0.4, -0.2) is 48.4 Å². The molecule has 1 aromatic carbocycles. The first-order valence-electron chi connectivity index (χ1n) is 8.43. The van der Waals surface area contributed by atoms with Crippen molar-refractivity contribution in [1.29, 1.82) is 0 Å². The van der Waals surface area contributed by atoms with Gasteiger partial charge in [-0.1, -0.05) is 42.5 Å². The van der Waals surface area contributed by atoms with Crippen LogP contribution in [-0.2, 0) is 0 Å². The molecule has 1 fully saturated rings. The summed E-state index contributed by atoms with van der Waals surface area (Å²) in [6.45, 7) is 8.56. The third-order valence-corrected chi connectivity index (χ3v) is 5.66. The van der Waals surface area contributed by atoms with Crippen molar-refractivity contribution in [1.82, 2.24) is 9.80 Å². The molecule has 3 rings (SSSR count). The van der Waals surface area contributed by atoms with E-state index in [9.17, 15) is 4.79 Å². The Bertz CT molecular complexity index is 712. The van der Waals surface area contributed by atoms with Gasteiger partial charge in [-0.2, -0.15) is 0 Å². The maximum Gasteiger partial charge on any atom is 0.255 e. The van der Waals surface area contributed by atoms with E-state index in [4.69, 9.17) is 0 Å². The summed E-state index contributed by atoms with van der Waals surface area (Å²) in [7, 11) is 0. The lowest BCUT2D eigenvalue weighted by atomic mass is 10.1. The van der Waals surface area contributed by atoms with Crippen molar-refractivity contribution in [2.45, 2.75) is 13.8 Å². The van der Waals surface area contributed by atoms with Gasteiger partial charge in [0.25, 0.3) is 5.91 Å². The monoisotopic (exact) mass is 340 g/mol. The van der Waals surface area contributed by atoms with E-state index in [2.05, 4.69) is 48.2 Å². The summed E-state index contributed by atoms with van der Waals surface area (Å²) in [6, 6.07) is 10.4. The summed E-state index contributed by atoms with van der Waals surface area (Å²) < 4.78 is 0. The molecule has 0 aliphatic carbocycles. The maximum atomic E-state index is 12.6. The van der Waals surface area contributed by atoms with Crippen LogP contribution in [0.3, 0.4) is 0 Å². The van der Waals surface area contributed by atoms with E-state index in [0.29, 0.717) is 0 Å². The Morgan fingerprint density at radius 1 is 1.12 bits per heavy atom. The lowest BCUT2D eigenvalue weighted by Crippen LogP contribution is -2.48. The third kappa shape index (κ3) is 3.94. The molecule has 1 aliphatic rings. The van der Waals surface area contributed by atoms with Crippen LogP contribution in [0.4, 0.5) is 0 Å². The van der Waals surface area contributed by atoms with Crippen LogP contribution in [0.25, 0.3) is 6.08 Å². The van der Waals surface area contributed by atoms with Gasteiger partial charge in [-0.3, -0.25) is 9.69 Å². The molecule has 1 saturated heterocycles. The number of thiophene rings is 1. The van der Waals surface area contributed by atoms with Crippen LogP contribution in [0.5, 0.6) is 0 Å². The fourth-order valence-electron chi connectivity index (χ4n) is 2.93. The Morgan fingerprint density at radius 3 is 2.46 bits per heavy atom. The summed E-state index contributed by atoms with van der Waals surface area (Å²) in [5.41, 5.74) is 3.25. The number of carbonyl (C=O) groups is 1. The molecule has 0 unspecified atom stereocenters. The summed E-state index contributed by atoms with van der Waals surface area (Å²) in [6.07, 6.45) is 4.37. The second-order valence-electron chi connectivity index (χ2n) is 6.24. The minimum absolute atomic E-state index is 0.191. The molecule has 0 saturated carbocycles. The molecule has 2 aromatic rings. The predicted molar refractivity (Wildman–Crippen MR) is 102 cm³/mol. The van der Waals surface area contributed by atoms with E-state index in [1.807, 2.05) is 23.3 Å². The number of amides is 1. The molecule has 0 radical (unpaired) electrons. The van der Waals surface area contributed by atoms with Gasteiger partial charge in [0.15, 0.2) is 0 Å². The molecular weight excluding hydrogens is 316 g/mol. The van der Waals surface area contributed by atoms with Crippen LogP contribution in [0.1, 0.15) is 26.4 Å². The first kappa shape index (κ1) is 16.9. The molecule has 4 heteroatoms. The average molecular weight is 340 g/mol. The molecule has 3 nitrogen and oxygen atoms in total. The second kappa shape index (κ2) is 7.77. The number of rotatable bonds is 4. The minimum Gasteiger partial charge on any atom is -0.336 e. The minimum atomic E-state index is 0.191. The average Bonchev–Trinajstić information content (AvgIpc) is 2.95. The highest BCUT2D eigenvalue weighted by Gasteiger charge is 2.23. The quantitative estimate of drug-likeness (QED) is 0.844. The molecule has 0 atom stereocenters. The third-order valence-electron chi connectivity index (χ3n) is 4.65. The van der Waals surface area contributed by atoms with Crippen molar-refractivity contribution in [3.63, 3.8) is 0 Å². The van der Waals surface area contributed by atoms with Crippen LogP contribution < -0.4 is 0 Å². The van der Waals surface area contributed by atoms with Crippen LogP contribution in [0.2, 0.25) is 0 Å². The molecule has 0 N–H and O–H groups in total. The molecule has 1 aliphatic heterocycles. The summed E-state index contributed by atoms with van der Waals surface area (Å²) in [4.78, 5) is 18.3. The van der Waals surface area contributed by atoms with E-state index < -0.39 is 0 Å². The maximum absolute atomic E-state index is 12.6. The topological polar surface area (TPSA) is 23.6 Å². The Balaban J connectivity index is 1.50. The number of carbonyl (C=O) groups excluding carboxylic acids is 1. The Labute approximate surface area is 148 Å². The van der Waals surface area contributed by atoms with Gasteiger partial charge in [0.05, 0.1) is 5.56 Å². The highest BCUT2D eigenvalue weighted by molar-refractivity contribution is 7.10. The molecule has 1 amide bonds. The first-order chi connectivity index (χ1) is 11.6. The zero-order valence-corrected chi connectivity index (χ0v) is 15.2. The van der Waals surface area contributed by atoms with Gasteiger partial charge in [0.1, 0.15) is 0 Å². The second-order valence-corrected chi connectivity index (χ2v) is 7.32. The number of nitrogens with zero attached hydrogens (tertiary/aromatic N) is 2. The van der Waals surface area contributed by atoms with E-state index in [0.717, 1.165) is 43.9 Å². The largest absolute Gasteiger partial charge is 0.336 e. The van der Waals surface area contributed by atoms with Crippen molar-refractivity contribution in [3.05, 3.63) is 63.4 Å². The van der Waals surface area contributed by atoms with Crippen LogP contribution in [0.15, 0.2) is 41.8 Å². The molecule has 0 spiro atoms. The van der Waals surface area contributed by atoms with Gasteiger partial charge in [-0.05, 0) is 25.0 Å². The zero-order valence-electron chi connectivity index (χ0n) is 14.4. The van der Waals surface area contributed by atoms with Crippen molar-refractivity contribution in [2.24, 2.45) is 0 Å². The van der Waals surface area contributed by atoms with Gasteiger partial charge in [0, 0.05) is 43.0 Å². The Hall–Kier alpha value is -1.91. The summed E-state index contributed by atoms with van der Waals surface area (Å²) >= 11 is 1.67. The van der Waals surface area contributed by atoms with Crippen molar-refractivity contribution >= 4 is 23.3 Å². The zero-order chi connectivity index (χ0) is 16.9. The lowest BCUT2D eigenvalue weighted by molar-refractivity contribution is 0.0650. The normalized spacial score (nSPS) is 16.0. The van der Waals surface area contributed by atoms with Crippen molar-refractivity contribution in [2.75, 3.05) is 32.7 Å². The molecule has 2 heterocycles. The fraction of sp³-hybridized carbons (Fsp3) is 0.350. The fourth-order valence-corrected chi connectivity index (χ4v) is 3.79. The Morgan fingerprint density at radius 2 is 1.83 bits per heavy atom. The first-order valence-corrected chi connectivity index (χ1v) is 9.31. The predicted octanol–water partition coefficient (Wildman–Crippen LogP) is 3.84. The van der Waals surface area contributed by atoms with E-state index in [-0.39, 0.29) is 5.91 Å². The van der Waals surface area contributed by atoms with E-state index >= 15 is 0 Å². The van der Waals surface area contributed by atoms with Gasteiger partial charge in [-0.15, -0.1) is 11.3 Å². The van der Waals surface area contributed by atoms with E-state index in [1.165, 1.54) is 10.4 Å². The molecule has 126 valence electrons. The van der Waals surface area contributed by atoms with Gasteiger partial charge in [-0.25, -0.2) is 0 Å². The number of piperazine rings is 1. The smallest absolute Gasteiger partial charge is 0.255 e. The Kier molecular flexibility index (Phi) is 5.48. The van der Waals surface area contributed by atoms with Gasteiger partial charge < -0.3 is 4.90 Å². The van der Waals surface area contributed by atoms with Crippen molar-refractivity contribution in [3.8, 4) is 0 Å². The lowest BCUT2D eigenvalue weighted by Gasteiger charge is -2.34. The standard InChI is InChI=1S/C20H24N2OS/c1-16-17(2)24-15-19(16)20(23)22-13-11-21(12-14-22)10-6-9-18-7-4-3-5-8-18/h3-9,15H,10-14H2,1-2H3. The number of hydrogen-bond acceptors (Lipinski definition) is 3. The number of aryl methyl sites for hydroxylation is 1. The van der Waals surface area contributed by atoms with Crippen LogP contribution >= 0.6 is 11.3 Å². The number of benzene rings is 1. The summed E-state index contributed by atoms with van der Waals surface area (Å²) in [5.74, 6) is 0.191. The molecule has 1 aromatic heterocycles. The molecule has 24 heavy (non-hydrogen) atoms. The highest BCUT2D eigenvalue weighted by Crippen LogP contribution is 2.22. The molecule has 0 bridgehead atoms.